The van der Waals surface area contributed by atoms with E-state index in [1.807, 2.05) is 13.8 Å². The van der Waals surface area contributed by atoms with E-state index in [4.69, 9.17) is 15.2 Å². The zero-order valence-corrected chi connectivity index (χ0v) is 12.7. The maximum absolute atomic E-state index is 12.2. The van der Waals surface area contributed by atoms with Gasteiger partial charge in [-0.25, -0.2) is 0 Å². The molecule has 0 aliphatic rings. The van der Waals surface area contributed by atoms with Crippen molar-refractivity contribution in [2.45, 2.75) is 32.2 Å². The summed E-state index contributed by atoms with van der Waals surface area (Å²) in [5, 5.41) is 2.87. The monoisotopic (exact) mass is 280 g/mol. The number of amides is 1. The molecule has 0 saturated heterocycles. The molecule has 0 heterocycles. The van der Waals surface area contributed by atoms with E-state index in [2.05, 4.69) is 5.32 Å². The number of hydrogen-bond acceptors (Lipinski definition) is 4. The Morgan fingerprint density at radius 1 is 1.25 bits per heavy atom. The van der Waals surface area contributed by atoms with E-state index in [0.717, 1.165) is 12.8 Å². The summed E-state index contributed by atoms with van der Waals surface area (Å²) < 4.78 is 10.3. The van der Waals surface area contributed by atoms with E-state index in [9.17, 15) is 4.79 Å². The first kappa shape index (κ1) is 16.3. The van der Waals surface area contributed by atoms with E-state index >= 15 is 0 Å². The second-order valence-corrected chi connectivity index (χ2v) is 4.82. The zero-order valence-electron chi connectivity index (χ0n) is 12.7. The summed E-state index contributed by atoms with van der Waals surface area (Å²) in [4.78, 5) is 12.2. The van der Waals surface area contributed by atoms with E-state index < -0.39 is 0 Å². The summed E-state index contributed by atoms with van der Waals surface area (Å²) in [7, 11) is 3.09. The second kappa shape index (κ2) is 7.14. The minimum absolute atomic E-state index is 0.193. The molecule has 20 heavy (non-hydrogen) atoms. The highest BCUT2D eigenvalue weighted by atomic mass is 16.5. The molecule has 1 rings (SSSR count). The fourth-order valence-corrected chi connectivity index (χ4v) is 1.84. The van der Waals surface area contributed by atoms with Crippen molar-refractivity contribution in [1.82, 2.24) is 5.32 Å². The number of ether oxygens (including phenoxy) is 2. The molecule has 0 aromatic heterocycles. The van der Waals surface area contributed by atoms with Gasteiger partial charge in [0.05, 0.1) is 19.8 Å². The van der Waals surface area contributed by atoms with Gasteiger partial charge in [-0.3, -0.25) is 4.79 Å². The van der Waals surface area contributed by atoms with Crippen molar-refractivity contribution in [3.8, 4) is 11.5 Å². The number of nitrogens with one attached hydrogen (secondary N) is 1. The molecule has 5 nitrogen and oxygen atoms in total. The van der Waals surface area contributed by atoms with Crippen LogP contribution in [0.15, 0.2) is 18.2 Å². The zero-order chi connectivity index (χ0) is 15.2. The summed E-state index contributed by atoms with van der Waals surface area (Å²) in [5.74, 6) is 0.937. The highest BCUT2D eigenvalue weighted by molar-refractivity contribution is 5.97. The molecular weight excluding hydrogens is 256 g/mol. The highest BCUT2D eigenvalue weighted by Gasteiger charge is 2.22. The summed E-state index contributed by atoms with van der Waals surface area (Å²) in [5.41, 5.74) is 6.28. The van der Waals surface area contributed by atoms with Crippen LogP contribution in [0, 0.1) is 0 Å². The first-order valence-electron chi connectivity index (χ1n) is 6.78. The number of methoxy groups -OCH3 is 2. The molecule has 0 atom stereocenters. The molecule has 1 aromatic rings. The van der Waals surface area contributed by atoms with E-state index in [-0.39, 0.29) is 11.4 Å². The summed E-state index contributed by atoms with van der Waals surface area (Å²) in [6, 6.07) is 5.10. The first-order chi connectivity index (χ1) is 9.49. The molecule has 1 aromatic carbocycles. The van der Waals surface area contributed by atoms with Crippen LogP contribution < -0.4 is 20.5 Å². The molecule has 3 N–H and O–H groups in total. The highest BCUT2D eigenvalue weighted by Crippen LogP contribution is 2.24. The molecule has 0 aliphatic heterocycles. The number of carbonyl (C=O) groups excluding carboxylic acids is 1. The molecule has 5 heteroatoms. The standard InChI is InChI=1S/C15H24N2O3/c1-5-15(16,6-2)10-17-14(18)12-8-7-11(19-3)9-13(12)20-4/h7-9H,5-6,10,16H2,1-4H3,(H,17,18). The van der Waals surface area contributed by atoms with Gasteiger partial charge in [0.1, 0.15) is 11.5 Å². The Kier molecular flexibility index (Phi) is 5.82. The van der Waals surface area contributed by atoms with Crippen molar-refractivity contribution >= 4 is 5.91 Å². The Hall–Kier alpha value is -1.75. The molecule has 0 saturated carbocycles. The van der Waals surface area contributed by atoms with Gasteiger partial charge in [0.15, 0.2) is 0 Å². The van der Waals surface area contributed by atoms with Gasteiger partial charge in [-0.1, -0.05) is 13.8 Å². The molecule has 0 unspecified atom stereocenters. The van der Waals surface area contributed by atoms with Crippen molar-refractivity contribution < 1.29 is 14.3 Å². The first-order valence-corrected chi connectivity index (χ1v) is 6.78. The average molecular weight is 280 g/mol. The van der Waals surface area contributed by atoms with Gasteiger partial charge in [0, 0.05) is 18.2 Å². The Labute approximate surface area is 120 Å². The largest absolute Gasteiger partial charge is 0.497 e. The van der Waals surface area contributed by atoms with Crippen LogP contribution in [0.5, 0.6) is 11.5 Å². The second-order valence-electron chi connectivity index (χ2n) is 4.82. The van der Waals surface area contributed by atoms with Gasteiger partial charge in [0.25, 0.3) is 5.91 Å². The normalized spacial score (nSPS) is 11.1. The molecule has 0 fully saturated rings. The minimum Gasteiger partial charge on any atom is -0.497 e. The average Bonchev–Trinajstić information content (AvgIpc) is 2.51. The van der Waals surface area contributed by atoms with Gasteiger partial charge in [0.2, 0.25) is 0 Å². The van der Waals surface area contributed by atoms with Crippen LogP contribution in [-0.2, 0) is 0 Å². The summed E-state index contributed by atoms with van der Waals surface area (Å²) in [6.07, 6.45) is 1.62. The molecule has 0 spiro atoms. The number of rotatable bonds is 7. The van der Waals surface area contributed by atoms with Crippen molar-refractivity contribution in [1.29, 1.82) is 0 Å². The Morgan fingerprint density at radius 2 is 1.90 bits per heavy atom. The van der Waals surface area contributed by atoms with Gasteiger partial charge in [-0.05, 0) is 25.0 Å². The third-order valence-electron chi connectivity index (χ3n) is 3.66. The third-order valence-corrected chi connectivity index (χ3v) is 3.66. The molecule has 0 radical (unpaired) electrons. The fourth-order valence-electron chi connectivity index (χ4n) is 1.84. The van der Waals surface area contributed by atoms with Crippen molar-refractivity contribution in [2.24, 2.45) is 5.73 Å². The van der Waals surface area contributed by atoms with Gasteiger partial charge in [-0.2, -0.15) is 0 Å². The van der Waals surface area contributed by atoms with Crippen molar-refractivity contribution in [3.05, 3.63) is 23.8 Å². The Balaban J connectivity index is 2.82. The van der Waals surface area contributed by atoms with E-state index in [0.29, 0.717) is 23.6 Å². The lowest BCUT2D eigenvalue weighted by molar-refractivity contribution is 0.0939. The topological polar surface area (TPSA) is 73.6 Å². The van der Waals surface area contributed by atoms with Crippen LogP contribution >= 0.6 is 0 Å². The van der Waals surface area contributed by atoms with E-state index in [1.54, 1.807) is 25.3 Å². The van der Waals surface area contributed by atoms with Crippen molar-refractivity contribution in [2.75, 3.05) is 20.8 Å². The lowest BCUT2D eigenvalue weighted by atomic mass is 9.94. The van der Waals surface area contributed by atoms with Crippen LogP contribution in [0.4, 0.5) is 0 Å². The molecule has 1 amide bonds. The van der Waals surface area contributed by atoms with Crippen LogP contribution in [0.2, 0.25) is 0 Å². The maximum atomic E-state index is 12.2. The predicted molar refractivity (Wildman–Crippen MR) is 79.4 cm³/mol. The third kappa shape index (κ3) is 3.87. The Morgan fingerprint density at radius 3 is 2.40 bits per heavy atom. The van der Waals surface area contributed by atoms with Crippen LogP contribution in [-0.4, -0.2) is 32.2 Å². The summed E-state index contributed by atoms with van der Waals surface area (Å²) >= 11 is 0. The van der Waals surface area contributed by atoms with Crippen molar-refractivity contribution in [3.63, 3.8) is 0 Å². The number of carbonyl (C=O) groups is 1. The lowest BCUT2D eigenvalue weighted by Crippen LogP contribution is -2.49. The number of nitrogens with two attached hydrogens (primary N) is 1. The van der Waals surface area contributed by atoms with Crippen LogP contribution in [0.1, 0.15) is 37.0 Å². The van der Waals surface area contributed by atoms with Crippen LogP contribution in [0.25, 0.3) is 0 Å². The maximum Gasteiger partial charge on any atom is 0.255 e. The molecule has 112 valence electrons. The van der Waals surface area contributed by atoms with Gasteiger partial charge >= 0.3 is 0 Å². The predicted octanol–water partition coefficient (Wildman–Crippen LogP) is 1.95. The number of benzene rings is 1. The Bertz CT molecular complexity index is 456. The molecule has 0 bridgehead atoms. The smallest absolute Gasteiger partial charge is 0.255 e. The SMILES string of the molecule is CCC(N)(CC)CNC(=O)c1ccc(OC)cc1OC. The minimum atomic E-state index is -0.366. The van der Waals surface area contributed by atoms with Crippen LogP contribution in [0.3, 0.4) is 0 Å². The van der Waals surface area contributed by atoms with E-state index in [1.165, 1.54) is 7.11 Å². The number of hydrogen-bond donors (Lipinski definition) is 2. The van der Waals surface area contributed by atoms with Gasteiger partial charge < -0.3 is 20.5 Å². The fraction of sp³-hybridized carbons (Fsp3) is 0.533. The molecular formula is C15H24N2O3. The molecule has 0 aliphatic carbocycles. The van der Waals surface area contributed by atoms with Gasteiger partial charge in [-0.15, -0.1) is 0 Å². The summed E-state index contributed by atoms with van der Waals surface area (Å²) in [6.45, 7) is 4.47. The lowest BCUT2D eigenvalue weighted by Gasteiger charge is -2.27. The quantitative estimate of drug-likeness (QED) is 0.800.